The van der Waals surface area contributed by atoms with E-state index in [4.69, 9.17) is 9.68 Å². The van der Waals surface area contributed by atoms with E-state index in [1.165, 1.54) is 10.5 Å². The zero-order chi connectivity index (χ0) is 5.40. The molecule has 44 valence electrons. The highest BCUT2D eigenvalue weighted by molar-refractivity contribution is 5.60. The highest BCUT2D eigenvalue weighted by atomic mass is 17.0. The number of hydroxylamine groups is 1. The quantitative estimate of drug-likeness (QED) is 0.420. The first-order valence-electron chi connectivity index (χ1n) is 2.33. The number of nitrogens with zero attached hydrogens (tertiary/aromatic N) is 3. The Balaban J connectivity index is 2.13. The molecular formula is C3H5N3O2. The molecule has 0 aromatic rings. The van der Waals surface area contributed by atoms with E-state index in [1.807, 2.05) is 0 Å². The Hall–Kier alpha value is -0.650. The van der Waals surface area contributed by atoms with Crippen LogP contribution >= 0.6 is 0 Å². The summed E-state index contributed by atoms with van der Waals surface area (Å²) in [5, 5.41) is 6.63. The fraction of sp³-hybridized carbons (Fsp3) is 0.667. The van der Waals surface area contributed by atoms with Gasteiger partial charge in [-0.25, -0.2) is 9.68 Å². The number of hydrogen-bond donors (Lipinski definition) is 0. The van der Waals surface area contributed by atoms with E-state index in [0.29, 0.717) is 6.54 Å². The van der Waals surface area contributed by atoms with Crippen LogP contribution in [0.3, 0.4) is 0 Å². The third-order valence-electron chi connectivity index (χ3n) is 0.979. The molecule has 1 saturated heterocycles. The van der Waals surface area contributed by atoms with E-state index >= 15 is 0 Å². The minimum absolute atomic E-state index is 0.275. The van der Waals surface area contributed by atoms with Crippen molar-refractivity contribution in [1.29, 1.82) is 0 Å². The molecule has 2 aliphatic rings. The van der Waals surface area contributed by atoms with Crippen molar-refractivity contribution in [3.63, 3.8) is 0 Å². The molecule has 0 bridgehead atoms. The van der Waals surface area contributed by atoms with Crippen LogP contribution in [0.15, 0.2) is 5.10 Å². The predicted molar refractivity (Wildman–Crippen MR) is 24.1 cm³/mol. The van der Waals surface area contributed by atoms with Crippen molar-refractivity contribution in [2.45, 2.75) is 0 Å². The summed E-state index contributed by atoms with van der Waals surface area (Å²) in [6.07, 6.45) is 1.71. The van der Waals surface area contributed by atoms with Gasteiger partial charge >= 0.3 is 0 Å². The molecule has 0 aromatic carbocycles. The first kappa shape index (κ1) is 4.25. The van der Waals surface area contributed by atoms with Gasteiger partial charge in [0.2, 0.25) is 0 Å². The number of hydrogen-bond acceptors (Lipinski definition) is 5. The summed E-state index contributed by atoms with van der Waals surface area (Å²) in [7, 11) is 0. The summed E-state index contributed by atoms with van der Waals surface area (Å²) >= 11 is 0. The molecule has 0 saturated carbocycles. The highest BCUT2D eigenvalue weighted by Crippen LogP contribution is 2.11. The van der Waals surface area contributed by atoms with Crippen molar-refractivity contribution in [2.75, 3.05) is 13.3 Å². The third kappa shape index (κ3) is 0.430. The molecule has 0 radical (unpaired) electrons. The van der Waals surface area contributed by atoms with E-state index < -0.39 is 0 Å². The second-order valence-corrected chi connectivity index (χ2v) is 1.46. The molecular weight excluding hydrogens is 110 g/mol. The lowest BCUT2D eigenvalue weighted by Crippen LogP contribution is -2.25. The van der Waals surface area contributed by atoms with Crippen molar-refractivity contribution in [2.24, 2.45) is 5.10 Å². The molecule has 2 rings (SSSR count). The molecule has 0 atom stereocenters. The maximum atomic E-state index is 4.89. The lowest BCUT2D eigenvalue weighted by Gasteiger charge is -2.08. The molecule has 0 spiro atoms. The Kier molecular flexibility index (Phi) is 0.750. The lowest BCUT2D eigenvalue weighted by molar-refractivity contribution is -0.257. The molecule has 0 unspecified atom stereocenters. The number of rotatable bonds is 0. The largest absolute Gasteiger partial charge is 0.244 e. The van der Waals surface area contributed by atoms with Gasteiger partial charge in [-0.2, -0.15) is 0 Å². The van der Waals surface area contributed by atoms with Gasteiger partial charge in [0.05, 0.1) is 6.54 Å². The third-order valence-corrected chi connectivity index (χ3v) is 0.979. The van der Waals surface area contributed by atoms with E-state index in [9.17, 15) is 0 Å². The average molecular weight is 115 g/mol. The summed E-state index contributed by atoms with van der Waals surface area (Å²) in [6.45, 7) is 0.956. The van der Waals surface area contributed by atoms with Crippen molar-refractivity contribution < 1.29 is 9.68 Å². The van der Waals surface area contributed by atoms with E-state index in [-0.39, 0.29) is 6.79 Å². The summed E-state index contributed by atoms with van der Waals surface area (Å²) in [6, 6.07) is 0. The number of hydrazine groups is 1. The Morgan fingerprint density at radius 2 is 2.50 bits per heavy atom. The van der Waals surface area contributed by atoms with Gasteiger partial charge in [-0.05, 0) is 5.17 Å². The average Bonchev–Trinajstić information content (AvgIpc) is 2.15. The van der Waals surface area contributed by atoms with E-state index in [1.54, 1.807) is 6.21 Å². The van der Waals surface area contributed by atoms with Crippen LogP contribution < -0.4 is 0 Å². The normalized spacial score (nSPS) is 27.2. The minimum Gasteiger partial charge on any atom is -0.244 e. The maximum Gasteiger partial charge on any atom is 0.199 e. The highest BCUT2D eigenvalue weighted by Gasteiger charge is 2.25. The Labute approximate surface area is 45.9 Å². The van der Waals surface area contributed by atoms with Crippen molar-refractivity contribution >= 4 is 6.21 Å². The van der Waals surface area contributed by atoms with Crippen LogP contribution in [0.4, 0.5) is 0 Å². The summed E-state index contributed by atoms with van der Waals surface area (Å²) in [5.41, 5.74) is 0. The van der Waals surface area contributed by atoms with Crippen molar-refractivity contribution in [1.82, 2.24) is 10.5 Å². The van der Waals surface area contributed by atoms with Crippen LogP contribution in [0.1, 0.15) is 0 Å². The first-order chi connectivity index (χ1) is 3.97. The van der Waals surface area contributed by atoms with Gasteiger partial charge in [-0.1, -0.05) is 5.28 Å². The van der Waals surface area contributed by atoms with Crippen LogP contribution in [-0.4, -0.2) is 30.0 Å². The Bertz CT molecular complexity index is 126. The molecule has 1 fully saturated rings. The molecule has 0 amide bonds. The molecule has 2 aliphatic heterocycles. The number of hydrazone groups is 1. The SMILES string of the molecule is C1=NN2OCON2C1. The molecule has 2 heterocycles. The smallest absolute Gasteiger partial charge is 0.199 e. The van der Waals surface area contributed by atoms with E-state index in [2.05, 4.69) is 5.10 Å². The van der Waals surface area contributed by atoms with Crippen molar-refractivity contribution in [3.8, 4) is 0 Å². The van der Waals surface area contributed by atoms with Crippen LogP contribution in [0.5, 0.6) is 0 Å². The molecule has 0 N–H and O–H groups in total. The Morgan fingerprint density at radius 1 is 1.50 bits per heavy atom. The van der Waals surface area contributed by atoms with E-state index in [0.717, 1.165) is 0 Å². The second kappa shape index (κ2) is 1.41. The van der Waals surface area contributed by atoms with Crippen LogP contribution in [0.2, 0.25) is 0 Å². The van der Waals surface area contributed by atoms with Gasteiger partial charge in [-0.3, -0.25) is 0 Å². The van der Waals surface area contributed by atoms with Crippen LogP contribution in [0, 0.1) is 0 Å². The zero-order valence-corrected chi connectivity index (χ0v) is 4.15. The van der Waals surface area contributed by atoms with Gasteiger partial charge in [0.1, 0.15) is 0 Å². The fourth-order valence-electron chi connectivity index (χ4n) is 0.635. The molecule has 5 nitrogen and oxygen atoms in total. The molecule has 8 heavy (non-hydrogen) atoms. The fourth-order valence-corrected chi connectivity index (χ4v) is 0.635. The van der Waals surface area contributed by atoms with Gasteiger partial charge in [0, 0.05) is 6.21 Å². The summed E-state index contributed by atoms with van der Waals surface area (Å²) < 4.78 is 0. The maximum absolute atomic E-state index is 4.89. The zero-order valence-electron chi connectivity index (χ0n) is 4.15. The predicted octanol–water partition coefficient (Wildman–Crippen LogP) is -0.661. The first-order valence-corrected chi connectivity index (χ1v) is 2.33. The minimum atomic E-state index is 0.275. The Morgan fingerprint density at radius 3 is 3.38 bits per heavy atom. The molecule has 0 aliphatic carbocycles. The second-order valence-electron chi connectivity index (χ2n) is 1.46. The van der Waals surface area contributed by atoms with Crippen molar-refractivity contribution in [3.05, 3.63) is 0 Å². The van der Waals surface area contributed by atoms with Crippen LogP contribution in [0.25, 0.3) is 0 Å². The molecule has 0 aromatic heterocycles. The topological polar surface area (TPSA) is 37.3 Å². The van der Waals surface area contributed by atoms with Gasteiger partial charge < -0.3 is 0 Å². The lowest BCUT2D eigenvalue weighted by atomic mass is 10.8. The van der Waals surface area contributed by atoms with Crippen LogP contribution in [-0.2, 0) is 9.68 Å². The summed E-state index contributed by atoms with van der Waals surface area (Å²) in [4.78, 5) is 9.70. The molecule has 5 heteroatoms. The standard InChI is InChI=1S/C3H5N3O2/c1-2-5-6(4-1)8-3-7-5/h1H,2-3H2. The van der Waals surface area contributed by atoms with Gasteiger partial charge in [0.25, 0.3) is 0 Å². The number of fused-ring (bicyclic) bond motifs is 1. The monoisotopic (exact) mass is 115 g/mol. The van der Waals surface area contributed by atoms with Gasteiger partial charge in [0.15, 0.2) is 6.79 Å². The van der Waals surface area contributed by atoms with Gasteiger partial charge in [-0.15, -0.1) is 5.10 Å². The summed E-state index contributed by atoms with van der Waals surface area (Å²) in [5.74, 6) is 0.